The highest BCUT2D eigenvalue weighted by Crippen LogP contribution is 2.32. The van der Waals surface area contributed by atoms with Crippen LogP contribution in [0.3, 0.4) is 0 Å². The van der Waals surface area contributed by atoms with Crippen LogP contribution in [-0.2, 0) is 6.54 Å². The molecule has 0 bridgehead atoms. The number of benzene rings is 1. The lowest BCUT2D eigenvalue weighted by molar-refractivity contribution is 0.117. The van der Waals surface area contributed by atoms with Crippen LogP contribution in [0.4, 0.5) is 20.5 Å². The molecule has 0 radical (unpaired) electrons. The fraction of sp³-hybridized carbons (Fsp3) is 0.429. The van der Waals surface area contributed by atoms with E-state index in [4.69, 9.17) is 0 Å². The van der Waals surface area contributed by atoms with Gasteiger partial charge in [-0.1, -0.05) is 0 Å². The monoisotopic (exact) mass is 518 g/mol. The molecule has 3 aromatic heterocycles. The summed E-state index contributed by atoms with van der Waals surface area (Å²) in [6.45, 7) is 9.92. The lowest BCUT2D eigenvalue weighted by Crippen LogP contribution is -2.44. The molecule has 10 heteroatoms. The number of nitrogens with one attached hydrogen (secondary N) is 2. The minimum Gasteiger partial charge on any atom is -0.326 e. The summed E-state index contributed by atoms with van der Waals surface area (Å²) in [5, 5.41) is 6.58. The molecular formula is C28H32F2N8. The summed E-state index contributed by atoms with van der Waals surface area (Å²) < 4.78 is 31.8. The molecule has 0 spiro atoms. The van der Waals surface area contributed by atoms with Gasteiger partial charge in [-0.15, -0.1) is 0 Å². The number of anilines is 2. The minimum absolute atomic E-state index is 0.0838. The Morgan fingerprint density at radius 1 is 1.05 bits per heavy atom. The molecule has 1 aromatic carbocycles. The van der Waals surface area contributed by atoms with E-state index in [1.165, 1.54) is 18.9 Å². The summed E-state index contributed by atoms with van der Waals surface area (Å²) in [4.78, 5) is 20.0. The van der Waals surface area contributed by atoms with Gasteiger partial charge in [0.05, 0.1) is 11.7 Å². The van der Waals surface area contributed by atoms with Crippen molar-refractivity contribution in [1.82, 2.24) is 34.7 Å². The zero-order chi connectivity index (χ0) is 26.4. The van der Waals surface area contributed by atoms with Crippen molar-refractivity contribution in [2.45, 2.75) is 52.2 Å². The van der Waals surface area contributed by atoms with Gasteiger partial charge >= 0.3 is 0 Å². The van der Waals surface area contributed by atoms with Crippen LogP contribution < -0.4 is 10.6 Å². The Morgan fingerprint density at radius 2 is 1.87 bits per heavy atom. The highest BCUT2D eigenvalue weighted by atomic mass is 19.1. The third-order valence-corrected chi connectivity index (χ3v) is 7.73. The zero-order valence-corrected chi connectivity index (χ0v) is 21.9. The molecule has 2 fully saturated rings. The van der Waals surface area contributed by atoms with Gasteiger partial charge in [0.15, 0.2) is 5.82 Å². The van der Waals surface area contributed by atoms with E-state index in [0.717, 1.165) is 43.9 Å². The number of fused-ring (bicyclic) bond motifs is 2. The molecule has 8 nitrogen and oxygen atoms in total. The topological polar surface area (TPSA) is 83.8 Å². The van der Waals surface area contributed by atoms with Gasteiger partial charge < -0.3 is 15.2 Å². The standard InChI is InChI=1S/C28H32F2N8/c1-16(2)38-17(3)35-27-22(29)7-20(8-24(27)38)21-9-26(32-13-23(21)30)36-28-33-10-18(11-34-28)15-37-6-4-5-19-12-31-14-25(19)37/h7-11,13,16,19,25,31H,4-6,12,14-15H2,1-3H3,(H,32,33,34,36)/t19-,25+/m0/s1. The number of pyridine rings is 1. The first-order chi connectivity index (χ1) is 18.4. The minimum atomic E-state index is -0.542. The molecule has 2 saturated heterocycles. The highest BCUT2D eigenvalue weighted by molar-refractivity contribution is 5.84. The number of halogens is 2. The van der Waals surface area contributed by atoms with E-state index in [1.54, 1.807) is 12.1 Å². The van der Waals surface area contributed by atoms with Crippen molar-refractivity contribution < 1.29 is 8.78 Å². The van der Waals surface area contributed by atoms with Gasteiger partial charge in [0.1, 0.15) is 23.0 Å². The van der Waals surface area contributed by atoms with Crippen molar-refractivity contribution in [2.24, 2.45) is 5.92 Å². The van der Waals surface area contributed by atoms with Gasteiger partial charge in [0.25, 0.3) is 0 Å². The zero-order valence-electron chi connectivity index (χ0n) is 21.9. The molecule has 0 amide bonds. The lowest BCUT2D eigenvalue weighted by Gasteiger charge is -2.36. The SMILES string of the molecule is Cc1nc2c(F)cc(-c3cc(Nc4ncc(CN5CCC[C@H]6CNC[C@H]65)cn4)ncc3F)cc2n1C(C)C. The van der Waals surface area contributed by atoms with Gasteiger partial charge in [0, 0.05) is 48.7 Å². The van der Waals surface area contributed by atoms with Gasteiger partial charge in [0.2, 0.25) is 5.95 Å². The maximum absolute atomic E-state index is 15.0. The Bertz CT molecular complexity index is 1470. The van der Waals surface area contributed by atoms with Crippen LogP contribution in [0.1, 0.15) is 44.1 Å². The number of aromatic nitrogens is 5. The number of rotatable bonds is 6. The summed E-state index contributed by atoms with van der Waals surface area (Å²) in [6.07, 6.45) is 7.29. The number of piperidine rings is 1. The average molecular weight is 519 g/mol. The lowest BCUT2D eigenvalue weighted by atomic mass is 9.92. The Balaban J connectivity index is 1.22. The van der Waals surface area contributed by atoms with Crippen molar-refractivity contribution in [1.29, 1.82) is 0 Å². The van der Waals surface area contributed by atoms with E-state index >= 15 is 0 Å². The fourth-order valence-corrected chi connectivity index (χ4v) is 6.01. The third kappa shape index (κ3) is 4.63. The summed E-state index contributed by atoms with van der Waals surface area (Å²) in [6, 6.07) is 5.31. The summed E-state index contributed by atoms with van der Waals surface area (Å²) in [7, 11) is 0. The van der Waals surface area contributed by atoms with Crippen LogP contribution in [0.5, 0.6) is 0 Å². The molecular weight excluding hydrogens is 486 g/mol. The van der Waals surface area contributed by atoms with Gasteiger partial charge in [-0.3, -0.25) is 4.90 Å². The Kier molecular flexibility index (Phi) is 6.53. The van der Waals surface area contributed by atoms with Gasteiger partial charge in [-0.25, -0.2) is 28.7 Å². The molecule has 0 unspecified atom stereocenters. The normalized spacial score (nSPS) is 19.8. The third-order valence-electron chi connectivity index (χ3n) is 7.73. The quantitative estimate of drug-likeness (QED) is 0.372. The maximum Gasteiger partial charge on any atom is 0.228 e. The van der Waals surface area contributed by atoms with Crippen molar-refractivity contribution in [2.75, 3.05) is 25.0 Å². The Hall–Kier alpha value is -3.50. The number of hydrogen-bond acceptors (Lipinski definition) is 7. The van der Waals surface area contributed by atoms with Crippen LogP contribution in [-0.4, -0.2) is 55.1 Å². The first kappa shape index (κ1) is 24.8. The molecule has 198 valence electrons. The van der Waals surface area contributed by atoms with E-state index in [2.05, 4.69) is 35.5 Å². The first-order valence-corrected chi connectivity index (χ1v) is 13.2. The molecule has 0 saturated carbocycles. The molecule has 2 N–H and O–H groups in total. The smallest absolute Gasteiger partial charge is 0.228 e. The van der Waals surface area contributed by atoms with E-state index in [9.17, 15) is 8.78 Å². The largest absolute Gasteiger partial charge is 0.326 e. The van der Waals surface area contributed by atoms with Gasteiger partial charge in [-0.05, 0) is 76.4 Å². The first-order valence-electron chi connectivity index (χ1n) is 13.2. The molecule has 6 rings (SSSR count). The van der Waals surface area contributed by atoms with E-state index < -0.39 is 11.6 Å². The van der Waals surface area contributed by atoms with Crippen LogP contribution in [0.15, 0.2) is 36.8 Å². The maximum atomic E-state index is 15.0. The second kappa shape index (κ2) is 9.99. The molecule has 38 heavy (non-hydrogen) atoms. The van der Waals surface area contributed by atoms with Crippen molar-refractivity contribution in [3.63, 3.8) is 0 Å². The summed E-state index contributed by atoms with van der Waals surface area (Å²) >= 11 is 0. The van der Waals surface area contributed by atoms with Crippen LogP contribution in [0, 0.1) is 24.5 Å². The summed E-state index contributed by atoms with van der Waals surface area (Å²) in [5.74, 6) is 1.15. The van der Waals surface area contributed by atoms with Crippen molar-refractivity contribution in [3.8, 4) is 11.1 Å². The molecule has 5 heterocycles. The van der Waals surface area contributed by atoms with Gasteiger partial charge in [-0.2, -0.15) is 0 Å². The molecule has 0 aliphatic carbocycles. The average Bonchev–Trinajstić information content (AvgIpc) is 3.51. The Morgan fingerprint density at radius 3 is 2.66 bits per heavy atom. The highest BCUT2D eigenvalue weighted by Gasteiger charge is 2.34. The number of imidazole rings is 1. The second-order valence-corrected chi connectivity index (χ2v) is 10.6. The van der Waals surface area contributed by atoms with Crippen molar-refractivity contribution >= 4 is 22.8 Å². The number of nitrogens with zero attached hydrogens (tertiary/aromatic N) is 6. The summed E-state index contributed by atoms with van der Waals surface area (Å²) in [5.41, 5.74) is 2.61. The number of hydrogen-bond donors (Lipinski definition) is 2. The number of aryl methyl sites for hydroxylation is 1. The van der Waals surface area contributed by atoms with E-state index in [-0.39, 0.29) is 17.1 Å². The predicted molar refractivity (Wildman–Crippen MR) is 143 cm³/mol. The van der Waals surface area contributed by atoms with Crippen molar-refractivity contribution in [3.05, 3.63) is 59.8 Å². The molecule has 2 aliphatic heterocycles. The fourth-order valence-electron chi connectivity index (χ4n) is 6.01. The van der Waals surface area contributed by atoms with Crippen LogP contribution >= 0.6 is 0 Å². The molecule has 4 aromatic rings. The van der Waals surface area contributed by atoms with Crippen LogP contribution in [0.2, 0.25) is 0 Å². The van der Waals surface area contributed by atoms with Crippen LogP contribution in [0.25, 0.3) is 22.2 Å². The molecule has 2 aliphatic rings. The van der Waals surface area contributed by atoms with E-state index in [1.807, 2.05) is 37.7 Å². The molecule has 2 atom stereocenters. The second-order valence-electron chi connectivity index (χ2n) is 10.6. The number of likely N-dealkylation sites (tertiary alicyclic amines) is 1. The van der Waals surface area contributed by atoms with E-state index in [0.29, 0.717) is 34.7 Å². The Labute approximate surface area is 220 Å². The predicted octanol–water partition coefficient (Wildman–Crippen LogP) is 4.98.